The Morgan fingerprint density at radius 2 is 1.38 bits per heavy atom. The average Bonchev–Trinajstić information content (AvgIpc) is 2.31. The van der Waals surface area contributed by atoms with Gasteiger partial charge in [-0.3, -0.25) is 14.4 Å². The zero-order chi connectivity index (χ0) is 16.8. The van der Waals surface area contributed by atoms with Crippen LogP contribution in [0.1, 0.15) is 40.5 Å². The highest BCUT2D eigenvalue weighted by molar-refractivity contribution is 9.10. The fraction of sp³-hybridized carbons (Fsp3) is 0.667. The van der Waals surface area contributed by atoms with Gasteiger partial charge in [-0.15, -0.1) is 0 Å². The summed E-state index contributed by atoms with van der Waals surface area (Å²) in [6.45, 7) is 6.16. The molecule has 0 saturated carbocycles. The number of carbonyl (C=O) groups excluding carboxylic acids is 3. The highest BCUT2D eigenvalue weighted by atomic mass is 79.9. The second-order valence-corrected chi connectivity index (χ2v) is 9.05. The summed E-state index contributed by atoms with van der Waals surface area (Å²) < 4.78 is 7.43. The number of hydrogen-bond donors (Lipinski definition) is 1. The van der Waals surface area contributed by atoms with E-state index in [0.29, 0.717) is 0 Å². The summed E-state index contributed by atoms with van der Waals surface area (Å²) in [4.78, 5) is 34.4. The van der Waals surface area contributed by atoms with Crippen molar-refractivity contribution in [3.05, 3.63) is 0 Å². The van der Waals surface area contributed by atoms with Crippen LogP contribution in [0.2, 0.25) is 0 Å². The van der Waals surface area contributed by atoms with Gasteiger partial charge in [-0.2, -0.15) is 0 Å². The lowest BCUT2D eigenvalue weighted by molar-refractivity contribution is -0.160. The largest absolute Gasteiger partial charge is 0.408 e. The van der Waals surface area contributed by atoms with Crippen molar-refractivity contribution in [1.29, 1.82) is 0 Å². The summed E-state index contributed by atoms with van der Waals surface area (Å²) in [6, 6.07) is 0. The lowest BCUT2D eigenvalue weighted by Crippen LogP contribution is -2.30. The number of halogens is 2. The topological polar surface area (TPSA) is 102 Å². The quantitative estimate of drug-likeness (QED) is 0.137. The normalized spacial score (nSPS) is 12.8. The minimum absolute atomic E-state index is 0.180. The smallest absolute Gasteiger partial charge is 0.329 e. The van der Waals surface area contributed by atoms with Crippen molar-refractivity contribution >= 4 is 55.7 Å². The van der Waals surface area contributed by atoms with E-state index in [0.717, 1.165) is 0 Å². The molecule has 0 rings (SSSR count). The molecule has 120 valence electrons. The first-order valence-electron chi connectivity index (χ1n) is 5.94. The van der Waals surface area contributed by atoms with Crippen LogP contribution in [-0.4, -0.2) is 37.7 Å². The molecule has 0 fully saturated rings. The van der Waals surface area contributed by atoms with Gasteiger partial charge in [0.1, 0.15) is 8.65 Å². The van der Waals surface area contributed by atoms with Crippen LogP contribution in [0.5, 0.6) is 0 Å². The number of oxime groups is 1. The van der Waals surface area contributed by atoms with E-state index in [1.165, 1.54) is 13.8 Å². The first kappa shape index (κ1) is 20.0. The summed E-state index contributed by atoms with van der Waals surface area (Å²) in [5.41, 5.74) is 0. The van der Waals surface area contributed by atoms with E-state index in [2.05, 4.69) is 41.8 Å². The van der Waals surface area contributed by atoms with Gasteiger partial charge in [-0.05, 0) is 27.7 Å². The number of alkyl halides is 2. The fourth-order valence-corrected chi connectivity index (χ4v) is 0.996. The van der Waals surface area contributed by atoms with Crippen LogP contribution >= 0.6 is 31.9 Å². The second kappa shape index (κ2) is 7.88. The van der Waals surface area contributed by atoms with Gasteiger partial charge in [-0.1, -0.05) is 37.0 Å². The molecule has 0 amide bonds. The summed E-state index contributed by atoms with van der Waals surface area (Å²) >= 11 is 6.14. The van der Waals surface area contributed by atoms with Crippen molar-refractivity contribution in [3.63, 3.8) is 0 Å². The van der Waals surface area contributed by atoms with Gasteiger partial charge < -0.3 is 14.7 Å². The van der Waals surface area contributed by atoms with Crippen LogP contribution < -0.4 is 0 Å². The molecule has 0 aliphatic heterocycles. The molecule has 0 saturated heterocycles. The SMILES string of the molecule is CC(C)(Br)C(=O)OC(=O)CC/C(=N/O)OC(=O)C(C)(C)Br. The van der Waals surface area contributed by atoms with Gasteiger partial charge in [0, 0.05) is 6.42 Å². The number of hydrogen-bond acceptors (Lipinski definition) is 7. The van der Waals surface area contributed by atoms with E-state index in [1.54, 1.807) is 13.8 Å². The van der Waals surface area contributed by atoms with Gasteiger partial charge in [0.25, 0.3) is 0 Å². The van der Waals surface area contributed by atoms with Crippen molar-refractivity contribution in [3.8, 4) is 0 Å². The third-order valence-electron chi connectivity index (χ3n) is 2.04. The maximum atomic E-state index is 11.6. The van der Waals surface area contributed by atoms with Crippen molar-refractivity contribution < 1.29 is 29.1 Å². The van der Waals surface area contributed by atoms with E-state index in [4.69, 9.17) is 9.94 Å². The predicted molar refractivity (Wildman–Crippen MR) is 81.7 cm³/mol. The minimum Gasteiger partial charge on any atom is -0.408 e. The van der Waals surface area contributed by atoms with Gasteiger partial charge >= 0.3 is 17.9 Å². The fourth-order valence-electron chi connectivity index (χ4n) is 0.835. The van der Waals surface area contributed by atoms with E-state index in [9.17, 15) is 14.4 Å². The average molecular weight is 431 g/mol. The standard InChI is InChI=1S/C12H17Br2NO6/c1-11(2,13)9(17)20-7(15-19)5-6-8(16)21-10(18)12(3,4)14/h19H,5-6H2,1-4H3/b15-7-. The molecule has 0 atom stereocenters. The summed E-state index contributed by atoms with van der Waals surface area (Å²) in [5, 5.41) is 11.5. The van der Waals surface area contributed by atoms with Crippen LogP contribution in [0.15, 0.2) is 5.16 Å². The highest BCUT2D eigenvalue weighted by Gasteiger charge is 2.29. The highest BCUT2D eigenvalue weighted by Crippen LogP contribution is 2.19. The molecule has 0 heterocycles. The first-order chi connectivity index (χ1) is 9.37. The van der Waals surface area contributed by atoms with Crippen LogP contribution in [-0.2, 0) is 23.9 Å². The lowest BCUT2D eigenvalue weighted by Gasteiger charge is -2.15. The molecule has 0 aliphatic rings. The van der Waals surface area contributed by atoms with Crippen molar-refractivity contribution in [2.45, 2.75) is 49.2 Å². The Kier molecular flexibility index (Phi) is 7.52. The maximum Gasteiger partial charge on any atom is 0.329 e. The van der Waals surface area contributed by atoms with Crippen molar-refractivity contribution in [2.75, 3.05) is 0 Å². The Hall–Kier alpha value is -0.960. The Morgan fingerprint density at radius 3 is 1.76 bits per heavy atom. The summed E-state index contributed by atoms with van der Waals surface area (Å²) in [6.07, 6.45) is -0.454. The third-order valence-corrected chi connectivity index (χ3v) is 2.69. The lowest BCUT2D eigenvalue weighted by atomic mass is 10.2. The Morgan fingerprint density at radius 1 is 0.952 bits per heavy atom. The molecule has 7 nitrogen and oxygen atoms in total. The molecule has 0 radical (unpaired) electrons. The number of nitrogens with zero attached hydrogens (tertiary/aromatic N) is 1. The third kappa shape index (κ3) is 8.15. The summed E-state index contributed by atoms with van der Waals surface area (Å²) in [7, 11) is 0. The van der Waals surface area contributed by atoms with Crippen LogP contribution in [0, 0.1) is 0 Å². The molecular formula is C12H17Br2NO6. The van der Waals surface area contributed by atoms with E-state index >= 15 is 0 Å². The molecule has 0 spiro atoms. The van der Waals surface area contributed by atoms with Gasteiger partial charge in [0.2, 0.25) is 5.90 Å². The maximum absolute atomic E-state index is 11.6. The minimum atomic E-state index is -0.983. The van der Waals surface area contributed by atoms with E-state index in [-0.39, 0.29) is 18.7 Å². The van der Waals surface area contributed by atoms with Gasteiger partial charge in [0.05, 0.1) is 6.42 Å². The molecule has 0 aromatic heterocycles. The zero-order valence-electron chi connectivity index (χ0n) is 12.1. The zero-order valence-corrected chi connectivity index (χ0v) is 15.3. The molecule has 1 N–H and O–H groups in total. The number of carbonyl (C=O) groups is 3. The Bertz CT molecular complexity index is 448. The number of esters is 3. The molecule has 21 heavy (non-hydrogen) atoms. The van der Waals surface area contributed by atoms with Gasteiger partial charge in [0.15, 0.2) is 0 Å². The second-order valence-electron chi connectivity index (χ2n) is 5.09. The molecular weight excluding hydrogens is 414 g/mol. The van der Waals surface area contributed by atoms with Crippen molar-refractivity contribution in [1.82, 2.24) is 0 Å². The van der Waals surface area contributed by atoms with Crippen LogP contribution in [0.4, 0.5) is 0 Å². The van der Waals surface area contributed by atoms with Crippen LogP contribution in [0.25, 0.3) is 0 Å². The van der Waals surface area contributed by atoms with Crippen LogP contribution in [0.3, 0.4) is 0 Å². The number of ether oxygens (including phenoxy) is 2. The summed E-state index contributed by atoms with van der Waals surface area (Å²) in [5.74, 6) is -2.58. The molecule has 0 bridgehead atoms. The molecule has 9 heteroatoms. The number of rotatable bonds is 5. The Labute approximate surface area is 139 Å². The Balaban J connectivity index is 4.40. The molecule has 0 aliphatic carbocycles. The van der Waals surface area contributed by atoms with E-state index < -0.39 is 26.6 Å². The monoisotopic (exact) mass is 429 g/mol. The van der Waals surface area contributed by atoms with Gasteiger partial charge in [-0.25, -0.2) is 0 Å². The van der Waals surface area contributed by atoms with E-state index in [1.807, 2.05) is 0 Å². The first-order valence-corrected chi connectivity index (χ1v) is 7.52. The van der Waals surface area contributed by atoms with Crippen molar-refractivity contribution in [2.24, 2.45) is 5.16 Å². The molecule has 0 unspecified atom stereocenters. The molecule has 0 aromatic carbocycles. The predicted octanol–water partition coefficient (Wildman–Crippen LogP) is 2.51. The molecule has 0 aromatic rings.